The molecule has 0 saturated heterocycles. The maximum Gasteiger partial charge on any atom is 0.222 e. The van der Waals surface area contributed by atoms with Gasteiger partial charge < -0.3 is 10.6 Å². The number of carbonyl (C=O) groups excluding carboxylic acids is 1. The Hall–Kier alpha value is -1.42. The summed E-state index contributed by atoms with van der Waals surface area (Å²) < 4.78 is 13.0. The summed E-state index contributed by atoms with van der Waals surface area (Å²) in [6.45, 7) is 1.13. The predicted molar refractivity (Wildman–Crippen MR) is 70.4 cm³/mol. The lowest BCUT2D eigenvalue weighted by atomic mass is 10.1. The molecule has 0 aliphatic heterocycles. The number of hydrogen-bond donors (Lipinski definition) is 1. The molecule has 100 valence electrons. The molecule has 1 amide bonds. The number of nitrogens with zero attached hydrogens (tertiary/aromatic N) is 1. The van der Waals surface area contributed by atoms with Gasteiger partial charge in [-0.2, -0.15) is 0 Å². The highest BCUT2D eigenvalue weighted by Crippen LogP contribution is 2.08. The van der Waals surface area contributed by atoms with Gasteiger partial charge in [0.1, 0.15) is 5.82 Å². The van der Waals surface area contributed by atoms with Crippen molar-refractivity contribution in [1.29, 1.82) is 0 Å². The van der Waals surface area contributed by atoms with E-state index in [2.05, 4.69) is 0 Å². The first-order valence-corrected chi connectivity index (χ1v) is 6.32. The summed E-state index contributed by atoms with van der Waals surface area (Å²) in [4.78, 5) is 13.4. The van der Waals surface area contributed by atoms with Crippen molar-refractivity contribution in [2.24, 2.45) is 5.73 Å². The summed E-state index contributed by atoms with van der Waals surface area (Å²) in [7, 11) is 1.75. The lowest BCUT2D eigenvalue weighted by molar-refractivity contribution is -0.130. The number of halogens is 1. The number of rotatable bonds is 7. The Kier molecular flexibility index (Phi) is 6.36. The maximum atomic E-state index is 13.0. The number of nitrogens with two attached hydrogens (primary N) is 1. The molecule has 2 N–H and O–H groups in total. The van der Waals surface area contributed by atoms with Gasteiger partial charge in [0, 0.05) is 20.0 Å². The molecular formula is C14H21FN2O. The van der Waals surface area contributed by atoms with Gasteiger partial charge in [-0.15, -0.1) is 0 Å². The van der Waals surface area contributed by atoms with Crippen molar-refractivity contribution in [2.45, 2.75) is 32.2 Å². The van der Waals surface area contributed by atoms with E-state index < -0.39 is 0 Å². The zero-order valence-electron chi connectivity index (χ0n) is 10.9. The Bertz CT molecular complexity index is 382. The molecule has 0 spiro atoms. The first-order valence-electron chi connectivity index (χ1n) is 6.32. The van der Waals surface area contributed by atoms with Crippen molar-refractivity contribution >= 4 is 5.91 Å². The van der Waals surface area contributed by atoms with Crippen LogP contribution in [0.3, 0.4) is 0 Å². The van der Waals surface area contributed by atoms with Gasteiger partial charge in [-0.1, -0.05) is 18.6 Å². The van der Waals surface area contributed by atoms with Crippen molar-refractivity contribution in [3.05, 3.63) is 35.6 Å². The molecule has 0 unspecified atom stereocenters. The highest BCUT2D eigenvalue weighted by Gasteiger charge is 2.09. The van der Waals surface area contributed by atoms with Gasteiger partial charge in [-0.25, -0.2) is 4.39 Å². The molecule has 0 aromatic heterocycles. The van der Waals surface area contributed by atoms with Crippen LogP contribution in [0.2, 0.25) is 0 Å². The average molecular weight is 252 g/mol. The third-order valence-electron chi connectivity index (χ3n) is 2.83. The monoisotopic (exact) mass is 252 g/mol. The Morgan fingerprint density at radius 3 is 2.78 bits per heavy atom. The molecule has 0 aliphatic carbocycles. The average Bonchev–Trinajstić information content (AvgIpc) is 2.34. The molecule has 0 radical (unpaired) electrons. The van der Waals surface area contributed by atoms with Crippen LogP contribution < -0.4 is 5.73 Å². The quantitative estimate of drug-likeness (QED) is 0.757. The Labute approximate surface area is 108 Å². The van der Waals surface area contributed by atoms with Gasteiger partial charge in [0.15, 0.2) is 0 Å². The fourth-order valence-electron chi connectivity index (χ4n) is 1.79. The lowest BCUT2D eigenvalue weighted by Crippen LogP contribution is -2.25. The third kappa shape index (κ3) is 5.27. The highest BCUT2D eigenvalue weighted by molar-refractivity contribution is 5.75. The Balaban J connectivity index is 2.35. The van der Waals surface area contributed by atoms with Gasteiger partial charge in [-0.3, -0.25) is 4.79 Å². The molecular weight excluding hydrogens is 231 g/mol. The molecule has 1 aromatic rings. The molecule has 1 rings (SSSR count). The summed E-state index contributed by atoms with van der Waals surface area (Å²) in [5.41, 5.74) is 6.20. The number of benzene rings is 1. The minimum absolute atomic E-state index is 0.0938. The molecule has 4 heteroatoms. The minimum Gasteiger partial charge on any atom is -0.341 e. The molecule has 18 heavy (non-hydrogen) atoms. The molecule has 3 nitrogen and oxygen atoms in total. The molecule has 0 bridgehead atoms. The van der Waals surface area contributed by atoms with Crippen molar-refractivity contribution in [3.8, 4) is 0 Å². The largest absolute Gasteiger partial charge is 0.341 e. The maximum absolute atomic E-state index is 13.0. The summed E-state index contributed by atoms with van der Waals surface area (Å²) in [5.74, 6) is -0.174. The van der Waals surface area contributed by atoms with E-state index in [4.69, 9.17) is 5.73 Å². The van der Waals surface area contributed by atoms with Crippen molar-refractivity contribution in [3.63, 3.8) is 0 Å². The van der Waals surface area contributed by atoms with Gasteiger partial charge >= 0.3 is 0 Å². The lowest BCUT2D eigenvalue weighted by Gasteiger charge is -2.17. The van der Waals surface area contributed by atoms with Crippen LogP contribution in [0, 0.1) is 5.82 Å². The number of hydrogen-bond acceptors (Lipinski definition) is 2. The van der Waals surface area contributed by atoms with E-state index in [1.54, 1.807) is 18.0 Å². The van der Waals surface area contributed by atoms with Crippen LogP contribution in [0.4, 0.5) is 4.39 Å². The first kappa shape index (κ1) is 14.6. The Morgan fingerprint density at radius 1 is 1.33 bits per heavy atom. The second-order valence-electron chi connectivity index (χ2n) is 4.48. The van der Waals surface area contributed by atoms with Crippen LogP contribution in [0.5, 0.6) is 0 Å². The van der Waals surface area contributed by atoms with E-state index in [-0.39, 0.29) is 11.7 Å². The van der Waals surface area contributed by atoms with E-state index in [0.29, 0.717) is 19.5 Å². The van der Waals surface area contributed by atoms with Gasteiger partial charge in [-0.05, 0) is 37.1 Å². The van der Waals surface area contributed by atoms with Crippen LogP contribution >= 0.6 is 0 Å². The zero-order valence-corrected chi connectivity index (χ0v) is 10.9. The van der Waals surface area contributed by atoms with E-state index in [0.717, 1.165) is 24.8 Å². The second kappa shape index (κ2) is 7.82. The SMILES string of the molecule is CN(Cc1cccc(F)c1)C(=O)CCCCCN. The first-order chi connectivity index (χ1) is 8.63. The van der Waals surface area contributed by atoms with Crippen LogP contribution in [0.1, 0.15) is 31.2 Å². The summed E-state index contributed by atoms with van der Waals surface area (Å²) in [5, 5.41) is 0. The van der Waals surface area contributed by atoms with Crippen LogP contribution in [0.25, 0.3) is 0 Å². The standard InChI is InChI=1S/C14H21FN2O/c1-17(14(18)8-3-2-4-9-16)11-12-6-5-7-13(15)10-12/h5-7,10H,2-4,8-9,11,16H2,1H3. The van der Waals surface area contributed by atoms with E-state index in [1.807, 2.05) is 6.07 Å². The Morgan fingerprint density at radius 2 is 2.11 bits per heavy atom. The summed E-state index contributed by atoms with van der Waals surface area (Å²) in [6, 6.07) is 6.34. The predicted octanol–water partition coefficient (Wildman–Crippen LogP) is 2.30. The van der Waals surface area contributed by atoms with Gasteiger partial charge in [0.25, 0.3) is 0 Å². The molecule has 0 saturated carbocycles. The van der Waals surface area contributed by atoms with Crippen LogP contribution in [-0.4, -0.2) is 24.4 Å². The summed E-state index contributed by atoms with van der Waals surface area (Å²) in [6.07, 6.45) is 3.34. The molecule has 0 atom stereocenters. The molecule has 0 fully saturated rings. The number of unbranched alkanes of at least 4 members (excludes halogenated alkanes) is 2. The zero-order chi connectivity index (χ0) is 13.4. The van der Waals surface area contributed by atoms with Gasteiger partial charge in [0.05, 0.1) is 0 Å². The molecule has 0 heterocycles. The van der Waals surface area contributed by atoms with Crippen molar-refractivity contribution in [1.82, 2.24) is 4.90 Å². The fraction of sp³-hybridized carbons (Fsp3) is 0.500. The third-order valence-corrected chi connectivity index (χ3v) is 2.83. The van der Waals surface area contributed by atoms with Crippen LogP contribution in [-0.2, 0) is 11.3 Å². The van der Waals surface area contributed by atoms with E-state index in [1.165, 1.54) is 12.1 Å². The number of amides is 1. The summed E-state index contributed by atoms with van der Waals surface area (Å²) >= 11 is 0. The molecule has 1 aromatic carbocycles. The molecule has 0 aliphatic rings. The number of carbonyl (C=O) groups is 1. The van der Waals surface area contributed by atoms with E-state index >= 15 is 0 Å². The van der Waals surface area contributed by atoms with Crippen molar-refractivity contribution in [2.75, 3.05) is 13.6 Å². The van der Waals surface area contributed by atoms with Crippen LogP contribution in [0.15, 0.2) is 24.3 Å². The highest BCUT2D eigenvalue weighted by atomic mass is 19.1. The normalized spacial score (nSPS) is 10.4. The van der Waals surface area contributed by atoms with Gasteiger partial charge in [0.2, 0.25) is 5.91 Å². The smallest absolute Gasteiger partial charge is 0.222 e. The second-order valence-corrected chi connectivity index (χ2v) is 4.48. The van der Waals surface area contributed by atoms with Crippen molar-refractivity contribution < 1.29 is 9.18 Å². The minimum atomic E-state index is -0.267. The topological polar surface area (TPSA) is 46.3 Å². The van der Waals surface area contributed by atoms with E-state index in [9.17, 15) is 9.18 Å². The fourth-order valence-corrected chi connectivity index (χ4v) is 1.79.